The lowest BCUT2D eigenvalue weighted by atomic mass is 9.93. The summed E-state index contributed by atoms with van der Waals surface area (Å²) < 4.78 is 10.3. The number of pyridine rings is 1. The Kier molecular flexibility index (Phi) is 3.42. The summed E-state index contributed by atoms with van der Waals surface area (Å²) in [6, 6.07) is 15.1. The number of hydrogen-bond donors (Lipinski definition) is 0. The number of benzene rings is 2. The Balaban J connectivity index is 2.40. The molecule has 22 heavy (non-hydrogen) atoms. The van der Waals surface area contributed by atoms with Gasteiger partial charge in [0.05, 0.1) is 5.39 Å². The van der Waals surface area contributed by atoms with Crippen LogP contribution in [0.4, 0.5) is 0 Å². The molecule has 1 nitrogen and oxygen atoms in total. The van der Waals surface area contributed by atoms with Gasteiger partial charge in [-0.2, -0.15) is 0 Å². The van der Waals surface area contributed by atoms with Crippen molar-refractivity contribution < 1.29 is 5.94 Å². The van der Waals surface area contributed by atoms with E-state index in [0.29, 0.717) is 12.1 Å². The summed E-state index contributed by atoms with van der Waals surface area (Å²) >= 11 is 0. The number of fused-ring (bicyclic) bond motifs is 1. The Bertz CT molecular complexity index is 894. The van der Waals surface area contributed by atoms with E-state index in [1.165, 1.54) is 27.6 Å². The van der Waals surface area contributed by atoms with Crippen molar-refractivity contribution in [2.24, 2.45) is 7.05 Å². The summed E-state index contributed by atoms with van der Waals surface area (Å²) in [6.45, 7) is 8.68. The summed E-state index contributed by atoms with van der Waals surface area (Å²) in [7, 11) is 1.98. The van der Waals surface area contributed by atoms with Crippen LogP contribution in [-0.4, -0.2) is 0 Å². The summed E-state index contributed by atoms with van der Waals surface area (Å²) in [4.78, 5) is 0. The van der Waals surface area contributed by atoms with Crippen molar-refractivity contribution >= 4 is 10.8 Å². The Labute approximate surface area is 134 Å². The van der Waals surface area contributed by atoms with Crippen LogP contribution in [0.25, 0.3) is 22.0 Å². The first-order valence-electron chi connectivity index (χ1n) is 8.39. The molecule has 0 N–H and O–H groups in total. The molecule has 0 aliphatic carbocycles. The van der Waals surface area contributed by atoms with Gasteiger partial charge in [-0.05, 0) is 48.4 Å². The van der Waals surface area contributed by atoms with E-state index >= 15 is 0 Å². The standard InChI is InChI=1S/C21H24N/c1-14(2)17-8-7-16(4)20(13-17)21-19-9-6-15(3)12-18(19)10-11-22(21)5/h6-14H,1-5H3/q+1/i11D. The largest absolute Gasteiger partial charge is 0.220 e. The molecule has 112 valence electrons. The van der Waals surface area contributed by atoms with Gasteiger partial charge in [-0.15, -0.1) is 0 Å². The van der Waals surface area contributed by atoms with Crippen molar-refractivity contribution in [3.8, 4) is 11.3 Å². The van der Waals surface area contributed by atoms with Crippen LogP contribution < -0.4 is 4.57 Å². The Hall–Kier alpha value is -2.15. The molecular formula is C21H24N+. The van der Waals surface area contributed by atoms with E-state index in [1.54, 1.807) is 0 Å². The molecule has 0 bridgehead atoms. The first-order valence-corrected chi connectivity index (χ1v) is 7.89. The summed E-state index contributed by atoms with van der Waals surface area (Å²) in [5.41, 5.74) is 6.16. The van der Waals surface area contributed by atoms with Crippen molar-refractivity contribution in [1.82, 2.24) is 0 Å². The second-order valence-corrected chi connectivity index (χ2v) is 6.50. The zero-order valence-electron chi connectivity index (χ0n) is 15.1. The van der Waals surface area contributed by atoms with Crippen molar-refractivity contribution in [2.75, 3.05) is 0 Å². The molecule has 0 atom stereocenters. The number of rotatable bonds is 2. The Morgan fingerprint density at radius 3 is 2.50 bits per heavy atom. The van der Waals surface area contributed by atoms with Crippen LogP contribution in [0.1, 0.15) is 37.8 Å². The summed E-state index contributed by atoms with van der Waals surface area (Å²) in [5, 5.41) is 2.34. The third-order valence-electron chi connectivity index (χ3n) is 4.39. The number of aromatic nitrogens is 1. The van der Waals surface area contributed by atoms with Gasteiger partial charge in [0.15, 0.2) is 6.17 Å². The average molecular weight is 291 g/mol. The van der Waals surface area contributed by atoms with Gasteiger partial charge in [0.25, 0.3) is 0 Å². The van der Waals surface area contributed by atoms with Gasteiger partial charge in [0, 0.05) is 11.6 Å². The van der Waals surface area contributed by atoms with Gasteiger partial charge in [-0.25, -0.2) is 4.57 Å². The topological polar surface area (TPSA) is 3.88 Å². The van der Waals surface area contributed by atoms with Crippen molar-refractivity contribution in [2.45, 2.75) is 33.6 Å². The molecule has 1 heteroatoms. The van der Waals surface area contributed by atoms with Crippen molar-refractivity contribution in [3.63, 3.8) is 0 Å². The molecule has 0 fully saturated rings. The molecule has 3 rings (SSSR count). The fourth-order valence-corrected chi connectivity index (χ4v) is 3.01. The van der Waals surface area contributed by atoms with Crippen LogP contribution >= 0.6 is 0 Å². The lowest BCUT2D eigenvalue weighted by molar-refractivity contribution is -0.659. The summed E-state index contributed by atoms with van der Waals surface area (Å²) in [5.74, 6) is 0.493. The van der Waals surface area contributed by atoms with Gasteiger partial charge in [-0.3, -0.25) is 0 Å². The van der Waals surface area contributed by atoms with Crippen LogP contribution in [-0.2, 0) is 7.05 Å². The molecule has 0 amide bonds. The zero-order valence-corrected chi connectivity index (χ0v) is 14.1. The molecule has 0 aliphatic rings. The number of nitrogens with zero attached hydrogens (tertiary/aromatic N) is 1. The first kappa shape index (κ1) is 13.5. The molecule has 1 heterocycles. The van der Waals surface area contributed by atoms with Gasteiger partial charge in [-0.1, -0.05) is 43.7 Å². The fraction of sp³-hybridized carbons (Fsp3) is 0.286. The maximum atomic E-state index is 8.33. The summed E-state index contributed by atoms with van der Waals surface area (Å²) in [6.07, 6.45) is 0.535. The van der Waals surface area contributed by atoms with E-state index in [4.69, 9.17) is 1.37 Å². The van der Waals surface area contributed by atoms with E-state index < -0.39 is 0 Å². The second-order valence-electron chi connectivity index (χ2n) is 6.50. The first-order chi connectivity index (χ1) is 10.9. The van der Waals surface area contributed by atoms with E-state index in [-0.39, 0.29) is 0 Å². The van der Waals surface area contributed by atoms with Crippen LogP contribution in [0.3, 0.4) is 0 Å². The Morgan fingerprint density at radius 1 is 1.00 bits per heavy atom. The van der Waals surface area contributed by atoms with E-state index in [9.17, 15) is 0 Å². The number of hydrogen-bond acceptors (Lipinski definition) is 0. The second kappa shape index (κ2) is 5.57. The van der Waals surface area contributed by atoms with Crippen LogP contribution in [0.5, 0.6) is 0 Å². The van der Waals surface area contributed by atoms with E-state index in [1.807, 2.05) is 17.7 Å². The lowest BCUT2D eigenvalue weighted by Gasteiger charge is -2.12. The zero-order chi connectivity index (χ0) is 16.7. The van der Waals surface area contributed by atoms with Gasteiger partial charge in [0.1, 0.15) is 8.42 Å². The minimum absolute atomic E-state index is 0.493. The Morgan fingerprint density at radius 2 is 1.77 bits per heavy atom. The van der Waals surface area contributed by atoms with Crippen LogP contribution in [0.2, 0.25) is 0 Å². The molecule has 1 aromatic heterocycles. The lowest BCUT2D eigenvalue weighted by Crippen LogP contribution is -2.30. The van der Waals surface area contributed by atoms with E-state index in [0.717, 1.165) is 11.1 Å². The molecule has 0 saturated carbocycles. The molecular weight excluding hydrogens is 266 g/mol. The highest BCUT2D eigenvalue weighted by molar-refractivity contribution is 5.94. The maximum absolute atomic E-state index is 8.33. The number of aryl methyl sites for hydroxylation is 2. The normalized spacial score (nSPS) is 12.0. The fourth-order valence-electron chi connectivity index (χ4n) is 3.01. The molecule has 0 radical (unpaired) electrons. The van der Waals surface area contributed by atoms with Gasteiger partial charge < -0.3 is 0 Å². The van der Waals surface area contributed by atoms with Gasteiger partial charge in [0.2, 0.25) is 5.69 Å². The predicted molar refractivity (Wildman–Crippen MR) is 94.1 cm³/mol. The minimum atomic E-state index is 0.493. The van der Waals surface area contributed by atoms with Gasteiger partial charge >= 0.3 is 0 Å². The third-order valence-corrected chi connectivity index (χ3v) is 4.39. The van der Waals surface area contributed by atoms with Crippen LogP contribution in [0, 0.1) is 13.8 Å². The monoisotopic (exact) mass is 291 g/mol. The smallest absolute Gasteiger partial charge is 0.200 e. The minimum Gasteiger partial charge on any atom is -0.200 e. The molecule has 3 aromatic rings. The molecule has 0 saturated heterocycles. The third kappa shape index (κ3) is 2.52. The van der Waals surface area contributed by atoms with Crippen LogP contribution in [0.15, 0.2) is 48.6 Å². The highest BCUT2D eigenvalue weighted by Crippen LogP contribution is 2.30. The highest BCUT2D eigenvalue weighted by Gasteiger charge is 2.18. The van der Waals surface area contributed by atoms with E-state index in [2.05, 4.69) is 64.1 Å². The van der Waals surface area contributed by atoms with Crippen molar-refractivity contribution in [3.05, 3.63) is 65.3 Å². The average Bonchev–Trinajstić information content (AvgIpc) is 2.49. The molecule has 0 unspecified atom stereocenters. The van der Waals surface area contributed by atoms with Crippen molar-refractivity contribution in [1.29, 1.82) is 0 Å². The maximum Gasteiger partial charge on any atom is 0.220 e. The molecule has 2 aromatic carbocycles. The highest BCUT2D eigenvalue weighted by atomic mass is 14.9. The quantitative estimate of drug-likeness (QED) is 0.580. The molecule has 0 spiro atoms. The molecule has 0 aliphatic heterocycles. The SMILES string of the molecule is [2H]c1cc2cc(C)ccc2c(-c2cc(C(C)C)ccc2C)[n+]1C. The predicted octanol–water partition coefficient (Wildman–Crippen LogP) is 5.07.